The maximum Gasteiger partial charge on any atom is 0.272 e. The van der Waals surface area contributed by atoms with E-state index in [1.807, 2.05) is 17.0 Å². The van der Waals surface area contributed by atoms with Crippen molar-refractivity contribution in [2.24, 2.45) is 0 Å². The van der Waals surface area contributed by atoms with E-state index in [4.69, 9.17) is 4.74 Å². The SMILES string of the molecule is COc1ccc(N2CCN(C(=O)c3cc(NC4CC4)ncn3)CC2)cc1. The lowest BCUT2D eigenvalue weighted by molar-refractivity contribution is 0.0740. The van der Waals surface area contributed by atoms with Gasteiger partial charge in [0.05, 0.1) is 7.11 Å². The Morgan fingerprint density at radius 3 is 2.50 bits per heavy atom. The smallest absolute Gasteiger partial charge is 0.272 e. The number of methoxy groups -OCH3 is 1. The van der Waals surface area contributed by atoms with Gasteiger partial charge >= 0.3 is 0 Å². The number of aromatic nitrogens is 2. The summed E-state index contributed by atoms with van der Waals surface area (Å²) in [5.41, 5.74) is 1.61. The van der Waals surface area contributed by atoms with E-state index in [1.165, 1.54) is 19.2 Å². The van der Waals surface area contributed by atoms with E-state index in [0.29, 0.717) is 24.8 Å². The summed E-state index contributed by atoms with van der Waals surface area (Å²) >= 11 is 0. The first kappa shape index (κ1) is 16.6. The van der Waals surface area contributed by atoms with Gasteiger partial charge in [-0.15, -0.1) is 0 Å². The number of nitrogens with one attached hydrogen (secondary N) is 1. The molecule has 2 aromatic rings. The van der Waals surface area contributed by atoms with Crippen LogP contribution in [0.3, 0.4) is 0 Å². The van der Waals surface area contributed by atoms with Crippen LogP contribution in [0.25, 0.3) is 0 Å². The molecule has 4 rings (SSSR count). The lowest BCUT2D eigenvalue weighted by Gasteiger charge is -2.36. The Hall–Kier alpha value is -2.83. The fraction of sp³-hybridized carbons (Fsp3) is 0.421. The fourth-order valence-corrected chi connectivity index (χ4v) is 3.11. The Kier molecular flexibility index (Phi) is 4.60. The first-order valence-electron chi connectivity index (χ1n) is 9.00. The number of hydrogen-bond acceptors (Lipinski definition) is 6. The molecule has 2 heterocycles. The van der Waals surface area contributed by atoms with Crippen LogP contribution in [-0.4, -0.2) is 60.1 Å². The number of carbonyl (C=O) groups excluding carboxylic acids is 1. The second kappa shape index (κ2) is 7.19. The summed E-state index contributed by atoms with van der Waals surface area (Å²) in [6, 6.07) is 10.3. The van der Waals surface area contributed by atoms with Gasteiger partial charge in [0.2, 0.25) is 0 Å². The number of hydrogen-bond donors (Lipinski definition) is 1. The van der Waals surface area contributed by atoms with Gasteiger partial charge in [-0.2, -0.15) is 0 Å². The third-order valence-corrected chi connectivity index (χ3v) is 4.82. The molecule has 7 heteroatoms. The third-order valence-electron chi connectivity index (χ3n) is 4.82. The normalized spacial score (nSPS) is 17.1. The Labute approximate surface area is 153 Å². The number of ether oxygens (including phenoxy) is 1. The molecule has 1 N–H and O–H groups in total. The van der Waals surface area contributed by atoms with Gasteiger partial charge in [-0.3, -0.25) is 4.79 Å². The maximum atomic E-state index is 12.8. The van der Waals surface area contributed by atoms with Gasteiger partial charge in [0.25, 0.3) is 5.91 Å². The molecule has 1 saturated carbocycles. The van der Waals surface area contributed by atoms with Crippen molar-refractivity contribution in [3.05, 3.63) is 42.4 Å². The number of rotatable bonds is 5. The zero-order chi connectivity index (χ0) is 17.9. The van der Waals surface area contributed by atoms with Crippen LogP contribution in [0.5, 0.6) is 5.75 Å². The Bertz CT molecular complexity index is 768. The molecule has 7 nitrogen and oxygen atoms in total. The van der Waals surface area contributed by atoms with Crippen molar-refractivity contribution >= 4 is 17.4 Å². The molecule has 1 amide bonds. The predicted octanol–water partition coefficient (Wildman–Crippen LogP) is 2.02. The minimum Gasteiger partial charge on any atom is -0.497 e. The molecule has 0 spiro atoms. The second-order valence-electron chi connectivity index (χ2n) is 6.68. The Morgan fingerprint density at radius 1 is 1.12 bits per heavy atom. The highest BCUT2D eigenvalue weighted by molar-refractivity contribution is 5.93. The van der Waals surface area contributed by atoms with Gasteiger partial charge in [-0.05, 0) is 37.1 Å². The number of nitrogens with zero attached hydrogens (tertiary/aromatic N) is 4. The summed E-state index contributed by atoms with van der Waals surface area (Å²) in [6.45, 7) is 2.97. The number of anilines is 2. The van der Waals surface area contributed by atoms with Crippen LogP contribution in [0, 0.1) is 0 Å². The van der Waals surface area contributed by atoms with E-state index in [9.17, 15) is 4.79 Å². The van der Waals surface area contributed by atoms with Gasteiger partial charge in [-0.25, -0.2) is 9.97 Å². The highest BCUT2D eigenvalue weighted by Crippen LogP contribution is 2.24. The Morgan fingerprint density at radius 2 is 1.85 bits per heavy atom. The van der Waals surface area contributed by atoms with E-state index < -0.39 is 0 Å². The van der Waals surface area contributed by atoms with E-state index in [1.54, 1.807) is 13.2 Å². The summed E-state index contributed by atoms with van der Waals surface area (Å²) in [5.74, 6) is 1.56. The largest absolute Gasteiger partial charge is 0.497 e. The molecule has 136 valence electrons. The van der Waals surface area contributed by atoms with E-state index in [0.717, 1.165) is 30.3 Å². The van der Waals surface area contributed by atoms with Crippen LogP contribution in [0.2, 0.25) is 0 Å². The fourth-order valence-electron chi connectivity index (χ4n) is 3.11. The van der Waals surface area contributed by atoms with Gasteiger partial charge in [0.1, 0.15) is 23.6 Å². The number of piperazine rings is 1. The molecule has 0 unspecified atom stereocenters. The van der Waals surface area contributed by atoms with Crippen molar-refractivity contribution in [2.45, 2.75) is 18.9 Å². The zero-order valence-electron chi connectivity index (χ0n) is 14.9. The molecule has 0 bridgehead atoms. The van der Waals surface area contributed by atoms with Crippen molar-refractivity contribution in [1.82, 2.24) is 14.9 Å². The quantitative estimate of drug-likeness (QED) is 0.887. The van der Waals surface area contributed by atoms with Gasteiger partial charge < -0.3 is 19.9 Å². The molecule has 26 heavy (non-hydrogen) atoms. The van der Waals surface area contributed by atoms with Crippen molar-refractivity contribution in [1.29, 1.82) is 0 Å². The summed E-state index contributed by atoms with van der Waals surface area (Å²) in [6.07, 6.45) is 3.80. The summed E-state index contributed by atoms with van der Waals surface area (Å²) in [5, 5.41) is 3.31. The van der Waals surface area contributed by atoms with Gasteiger partial charge in [-0.1, -0.05) is 0 Å². The zero-order valence-corrected chi connectivity index (χ0v) is 14.9. The lowest BCUT2D eigenvalue weighted by atomic mass is 10.2. The summed E-state index contributed by atoms with van der Waals surface area (Å²) in [7, 11) is 1.66. The van der Waals surface area contributed by atoms with Crippen LogP contribution in [0.4, 0.5) is 11.5 Å². The topological polar surface area (TPSA) is 70.6 Å². The molecule has 1 aromatic heterocycles. The van der Waals surface area contributed by atoms with Crippen LogP contribution < -0.4 is 15.0 Å². The minimum atomic E-state index is -0.0272. The molecule has 1 aliphatic heterocycles. The van der Waals surface area contributed by atoms with Crippen LogP contribution in [0.15, 0.2) is 36.7 Å². The average molecular weight is 353 g/mol. The molecular formula is C19H23N5O2. The van der Waals surface area contributed by atoms with Crippen LogP contribution >= 0.6 is 0 Å². The lowest BCUT2D eigenvalue weighted by Crippen LogP contribution is -2.49. The van der Waals surface area contributed by atoms with Gasteiger partial charge in [0.15, 0.2) is 0 Å². The number of amides is 1. The molecule has 2 aliphatic rings. The van der Waals surface area contributed by atoms with Crippen molar-refractivity contribution in [3.8, 4) is 5.75 Å². The van der Waals surface area contributed by atoms with Crippen LogP contribution in [-0.2, 0) is 0 Å². The molecule has 1 saturated heterocycles. The summed E-state index contributed by atoms with van der Waals surface area (Å²) in [4.78, 5) is 25.3. The third kappa shape index (κ3) is 3.71. The minimum absolute atomic E-state index is 0.0272. The number of benzene rings is 1. The van der Waals surface area contributed by atoms with Crippen molar-refractivity contribution in [3.63, 3.8) is 0 Å². The number of carbonyl (C=O) groups is 1. The monoisotopic (exact) mass is 353 g/mol. The molecular weight excluding hydrogens is 330 g/mol. The average Bonchev–Trinajstić information content (AvgIpc) is 3.52. The molecule has 1 aliphatic carbocycles. The molecule has 0 atom stereocenters. The van der Waals surface area contributed by atoms with E-state index in [-0.39, 0.29) is 5.91 Å². The van der Waals surface area contributed by atoms with Crippen molar-refractivity contribution < 1.29 is 9.53 Å². The first-order valence-corrected chi connectivity index (χ1v) is 9.00. The molecule has 2 fully saturated rings. The second-order valence-corrected chi connectivity index (χ2v) is 6.68. The van der Waals surface area contributed by atoms with Gasteiger partial charge in [0, 0.05) is 44.0 Å². The standard InChI is InChI=1S/C19H23N5O2/c1-26-16-6-4-15(5-7-16)23-8-10-24(11-9-23)19(25)17-12-18(21-13-20-17)22-14-2-3-14/h4-7,12-14H,2-3,8-11H2,1H3,(H,20,21,22). The van der Waals surface area contributed by atoms with E-state index in [2.05, 4.69) is 32.3 Å². The molecule has 1 aromatic carbocycles. The van der Waals surface area contributed by atoms with Crippen molar-refractivity contribution in [2.75, 3.05) is 43.5 Å². The van der Waals surface area contributed by atoms with E-state index >= 15 is 0 Å². The first-order chi connectivity index (χ1) is 12.7. The van der Waals surface area contributed by atoms with Crippen LogP contribution in [0.1, 0.15) is 23.3 Å². The highest BCUT2D eigenvalue weighted by Gasteiger charge is 2.25. The summed E-state index contributed by atoms with van der Waals surface area (Å²) < 4.78 is 5.20. The molecule has 0 radical (unpaired) electrons. The Balaban J connectivity index is 1.36. The highest BCUT2D eigenvalue weighted by atomic mass is 16.5. The maximum absolute atomic E-state index is 12.8. The predicted molar refractivity (Wildman–Crippen MR) is 99.8 cm³/mol.